The van der Waals surface area contributed by atoms with Crippen molar-refractivity contribution in [3.8, 4) is 0 Å². The number of rotatable bonds is 76. The Morgan fingerprint density at radius 3 is 0.796 bits per heavy atom. The van der Waals surface area contributed by atoms with Gasteiger partial charge >= 0.3 is 23.9 Å². The Balaban J connectivity index is 0.00000221. The van der Waals surface area contributed by atoms with Gasteiger partial charge in [0, 0.05) is 38.5 Å². The lowest BCUT2D eigenvalue weighted by molar-refractivity contribution is -0.156. The zero-order valence-corrected chi connectivity index (χ0v) is 72.7. The van der Waals surface area contributed by atoms with Gasteiger partial charge in [0.05, 0.1) is 39.6 Å². The fourth-order valence-electron chi connectivity index (χ4n) is 14.6. The van der Waals surface area contributed by atoms with Crippen LogP contribution in [-0.4, -0.2) is 101 Å². The minimum atomic E-state index is -2.86. The summed E-state index contributed by atoms with van der Waals surface area (Å²) in [5, 5.41) is 11.9. The summed E-state index contributed by atoms with van der Waals surface area (Å²) in [5.74, 6) is -0.625. The molecule has 0 radical (unpaired) electrons. The molecule has 0 unspecified atom stereocenters. The summed E-state index contributed by atoms with van der Waals surface area (Å²) in [6.07, 6.45) is 64.2. The Hall–Kier alpha value is -3.69. The molecule has 1 N–H and O–H groups in total. The third-order valence-corrected chi connectivity index (χ3v) is 26.3. The highest BCUT2D eigenvalue weighted by atomic mass is 28.4. The summed E-state index contributed by atoms with van der Waals surface area (Å²) >= 11 is 0. The monoisotopic (exact) mass is 1540 g/mol. The smallest absolute Gasteiger partial charge is 0.306 e. The van der Waals surface area contributed by atoms with Crippen molar-refractivity contribution in [3.05, 3.63) is 60.7 Å². The van der Waals surface area contributed by atoms with Crippen molar-refractivity contribution in [1.29, 1.82) is 0 Å². The molecule has 0 aliphatic carbocycles. The summed E-state index contributed by atoms with van der Waals surface area (Å²) in [6.45, 7) is 21.5. The van der Waals surface area contributed by atoms with Crippen molar-refractivity contribution in [2.75, 3.05) is 39.6 Å². The maximum atomic E-state index is 13.4. The van der Waals surface area contributed by atoms with Crippen LogP contribution in [0.25, 0.3) is 0 Å². The maximum absolute atomic E-state index is 13.4. The topological polar surface area (TPSA) is 153 Å². The lowest BCUT2D eigenvalue weighted by Crippen LogP contribution is -2.67. The molecule has 0 saturated heterocycles. The number of hydrogen-bond donors (Lipinski definition) is 1. The molecule has 0 aliphatic heterocycles. The number of aliphatic hydroxyl groups excluding tert-OH is 1. The van der Waals surface area contributed by atoms with E-state index in [9.17, 15) is 24.3 Å². The second kappa shape index (κ2) is 76.0. The molecule has 4 atom stereocenters. The lowest BCUT2D eigenvalue weighted by atomic mass is 10.1. The normalized spacial score (nSPS) is 12.7. The largest absolute Gasteiger partial charge is 0.462 e. The molecule has 12 nitrogen and oxygen atoms in total. The van der Waals surface area contributed by atoms with Gasteiger partial charge in [-0.2, -0.15) is 0 Å². The average molecular weight is 1540 g/mol. The Morgan fingerprint density at radius 1 is 0.306 bits per heavy atom. The van der Waals surface area contributed by atoms with Crippen molar-refractivity contribution in [1.82, 2.24) is 0 Å². The average Bonchev–Trinajstić information content (AvgIpc) is 0.749. The minimum absolute atomic E-state index is 0. The lowest BCUT2D eigenvalue weighted by Gasteiger charge is -2.43. The molecule has 630 valence electrons. The summed E-state index contributed by atoms with van der Waals surface area (Å²) in [6, 6.07) is 21.2. The zero-order valence-electron chi connectivity index (χ0n) is 71.7. The predicted molar refractivity (Wildman–Crippen MR) is 456 cm³/mol. The highest BCUT2D eigenvalue weighted by Gasteiger charge is 2.50. The molecule has 2 aromatic rings. The van der Waals surface area contributed by atoms with E-state index in [0.29, 0.717) is 51.7 Å². The first-order chi connectivity index (χ1) is 52.2. The summed E-state index contributed by atoms with van der Waals surface area (Å²) in [4.78, 5) is 51.3. The third kappa shape index (κ3) is 59.1. The van der Waals surface area contributed by atoms with Crippen LogP contribution in [-0.2, 0) is 52.0 Å². The first-order valence-corrected chi connectivity index (χ1v) is 47.4. The second-order valence-electron chi connectivity index (χ2n) is 32.5. The van der Waals surface area contributed by atoms with E-state index in [1.165, 1.54) is 242 Å². The first kappa shape index (κ1) is 104. The molecule has 108 heavy (non-hydrogen) atoms. The number of unbranched alkanes of at least 4 members (excludes halogenated alkanes) is 44. The first-order valence-electron chi connectivity index (χ1n) is 45.5. The number of esters is 4. The number of ether oxygens (including phenoxy) is 6. The van der Waals surface area contributed by atoms with E-state index in [2.05, 4.69) is 123 Å². The van der Waals surface area contributed by atoms with Gasteiger partial charge in [-0.05, 0) is 66.8 Å². The van der Waals surface area contributed by atoms with Gasteiger partial charge in [-0.3, -0.25) is 23.9 Å². The molecule has 0 heterocycles. The fraction of sp³-hybridized carbons (Fsp3) is 0.830. The van der Waals surface area contributed by atoms with E-state index in [0.717, 1.165) is 103 Å². The molecule has 0 aromatic heterocycles. The van der Waals surface area contributed by atoms with Crippen molar-refractivity contribution in [2.24, 2.45) is 0 Å². The van der Waals surface area contributed by atoms with E-state index in [4.69, 9.17) is 32.8 Å². The van der Waals surface area contributed by atoms with Crippen LogP contribution in [0.3, 0.4) is 0 Å². The van der Waals surface area contributed by atoms with Crippen molar-refractivity contribution >= 4 is 42.6 Å². The summed E-state index contributed by atoms with van der Waals surface area (Å²) < 4.78 is 43.1. The van der Waals surface area contributed by atoms with E-state index in [1.807, 2.05) is 0 Å². The molecule has 0 aliphatic rings. The van der Waals surface area contributed by atoms with E-state index in [1.54, 1.807) is 0 Å². The maximum Gasteiger partial charge on any atom is 0.306 e. The number of carbonyl (C=O) groups excluding carboxylic acids is 4. The quantitative estimate of drug-likeness (QED) is 0.0290. The van der Waals surface area contributed by atoms with Gasteiger partial charge in [-0.1, -0.05) is 405 Å². The Labute approximate surface area is 665 Å². The molecule has 0 amide bonds. The minimum Gasteiger partial charge on any atom is -0.462 e. The Bertz CT molecular complexity index is 2230. The van der Waals surface area contributed by atoms with Gasteiger partial charge in [0.1, 0.15) is 24.4 Å². The number of carbonyl (C=O) groups is 4. The molecular weight excluding hydrogens is 1370 g/mol. The van der Waals surface area contributed by atoms with Crippen molar-refractivity contribution in [3.63, 3.8) is 0 Å². The van der Waals surface area contributed by atoms with E-state index < -0.39 is 20.5 Å². The number of hydrogen-bond acceptors (Lipinski definition) is 12. The predicted octanol–water partition coefficient (Wildman–Crippen LogP) is 26.1. The highest BCUT2D eigenvalue weighted by Crippen LogP contribution is 2.37. The molecule has 0 saturated carbocycles. The fourth-order valence-corrected chi connectivity index (χ4v) is 19.2. The second-order valence-corrected chi connectivity index (χ2v) is 36.8. The van der Waals surface area contributed by atoms with E-state index >= 15 is 0 Å². The highest BCUT2D eigenvalue weighted by molar-refractivity contribution is 6.99. The van der Waals surface area contributed by atoms with E-state index in [-0.39, 0.29) is 72.3 Å². The molecule has 2 aromatic carbocycles. The standard InChI is InChI=1S/C55H94O6Si.C39H76O6.FH/c1-7-10-13-16-18-20-21-23-25-28-37-44-54(57)61-50(48-59-62(55(4,5)6,51-39-32-29-33-40-51)52-41-34-30-35-42-52)47-58-46-45-49(38-31-26-15-12-9-3)60-53(56)43-36-27-24-22-19-17-14-11-8-2;1-4-7-10-13-15-17-18-20-22-25-28-31-39(42)45-37(34-40)35-43-33-32-36(29-26-23-12-9-6-3)44-38(41)30-27-24-21-19-16-14-11-8-5-2;/h29-30,32-35,39-42,49-50H,7-28,31,36-38,43-48H2,1-6H3;36-37,40H,4-35H2,1-3H3;1H/t49-,50+;36-,37-;/m11./s1. The SMILES string of the molecule is CCCCCCCCCCCCCC(=O)O[C@@H](COCC[C@@H](CCCCCCC)OC(=O)CCCCCCCCCCC)CO[Si](c1ccccc1)(c1ccccc1)C(C)(C)C.CCCCCCCCCCCCCC(=O)O[C@H](CO)COCC[C@@H](CCCCCCC)OC(=O)CCCCCCCCCCC.F. The van der Waals surface area contributed by atoms with Crippen molar-refractivity contribution in [2.45, 2.75) is 464 Å². The number of aliphatic hydroxyl groups is 1. The number of halogens is 1. The van der Waals surface area contributed by atoms with Crippen LogP contribution in [0.4, 0.5) is 4.70 Å². The molecular formula is C94H171FO12Si. The summed E-state index contributed by atoms with van der Waals surface area (Å²) in [5.41, 5.74) is 0. The van der Waals surface area contributed by atoms with Crippen LogP contribution in [0.15, 0.2) is 60.7 Å². The van der Waals surface area contributed by atoms with Crippen LogP contribution >= 0.6 is 0 Å². The number of benzene rings is 2. The third-order valence-electron chi connectivity index (χ3n) is 21.3. The molecule has 14 heteroatoms. The van der Waals surface area contributed by atoms with Crippen LogP contribution < -0.4 is 10.4 Å². The van der Waals surface area contributed by atoms with Gasteiger partial charge in [0.15, 0.2) is 0 Å². The van der Waals surface area contributed by atoms with Crippen LogP contribution in [0.5, 0.6) is 0 Å². The van der Waals surface area contributed by atoms with Crippen LogP contribution in [0, 0.1) is 0 Å². The molecule has 0 spiro atoms. The van der Waals surface area contributed by atoms with Crippen LogP contribution in [0.2, 0.25) is 5.04 Å². The molecule has 0 fully saturated rings. The Morgan fingerprint density at radius 2 is 0.537 bits per heavy atom. The van der Waals surface area contributed by atoms with Gasteiger partial charge in [-0.15, -0.1) is 0 Å². The van der Waals surface area contributed by atoms with Crippen molar-refractivity contribution < 1.29 is 61.8 Å². The molecule has 0 bridgehead atoms. The molecule has 2 rings (SSSR count). The van der Waals surface area contributed by atoms with Gasteiger partial charge in [0.25, 0.3) is 8.32 Å². The zero-order chi connectivity index (χ0) is 78.0. The van der Waals surface area contributed by atoms with Gasteiger partial charge in [-0.25, -0.2) is 0 Å². The Kier molecular flexibility index (Phi) is 73.4. The van der Waals surface area contributed by atoms with Gasteiger partial charge in [0.2, 0.25) is 0 Å². The summed E-state index contributed by atoms with van der Waals surface area (Å²) in [7, 11) is -2.86. The van der Waals surface area contributed by atoms with Gasteiger partial charge < -0.3 is 38.0 Å². The van der Waals surface area contributed by atoms with Crippen LogP contribution in [0.1, 0.15) is 435 Å².